The molecule has 0 aliphatic carbocycles. The molecule has 3 N–H and O–H groups in total. The fraction of sp³-hybridized carbons (Fsp3) is 0.200. The van der Waals surface area contributed by atoms with Crippen LogP contribution in [0, 0.1) is 5.82 Å². The summed E-state index contributed by atoms with van der Waals surface area (Å²) in [5, 5.41) is 2.92. The Morgan fingerprint density at radius 1 is 1.50 bits per heavy atom. The number of nitrogens with one attached hydrogen (secondary N) is 1. The summed E-state index contributed by atoms with van der Waals surface area (Å²) in [6.07, 6.45) is 4.84. The lowest BCUT2D eigenvalue weighted by atomic mass is 10.2. The van der Waals surface area contributed by atoms with Crippen LogP contribution in [0.25, 0.3) is 5.69 Å². The fourth-order valence-electron chi connectivity index (χ4n) is 1.73. The second-order valence-electron chi connectivity index (χ2n) is 4.77. The number of halogens is 2. The maximum absolute atomic E-state index is 14.0. The van der Waals surface area contributed by atoms with Gasteiger partial charge in [-0.25, -0.2) is 14.4 Å². The molecule has 0 saturated carbocycles. The van der Waals surface area contributed by atoms with Crippen molar-refractivity contribution in [2.45, 2.75) is 13.5 Å². The van der Waals surface area contributed by atoms with Crippen LogP contribution in [0.4, 0.5) is 4.39 Å². The van der Waals surface area contributed by atoms with Crippen molar-refractivity contribution in [3.63, 3.8) is 0 Å². The standard InChI is InChI=1S/C15H18FN5.HI/c1-11(2)8-19-15(17)20-9-12-3-4-14(13(16)7-12)21-6-5-18-10-21;/h3-7,10H,1,8-9H2,2H3,(H3,17,19,20);1H. The van der Waals surface area contributed by atoms with Crippen molar-refractivity contribution >= 4 is 29.9 Å². The molecule has 118 valence electrons. The molecular formula is C15H19FIN5. The van der Waals surface area contributed by atoms with Gasteiger partial charge < -0.3 is 15.6 Å². The first-order chi connectivity index (χ1) is 10.1. The van der Waals surface area contributed by atoms with E-state index >= 15 is 0 Å². The molecule has 1 aromatic heterocycles. The summed E-state index contributed by atoms with van der Waals surface area (Å²) in [6, 6.07) is 4.96. The van der Waals surface area contributed by atoms with E-state index in [0.717, 1.165) is 11.1 Å². The molecular weight excluding hydrogens is 396 g/mol. The van der Waals surface area contributed by atoms with Crippen molar-refractivity contribution in [3.8, 4) is 5.69 Å². The summed E-state index contributed by atoms with van der Waals surface area (Å²) in [5.74, 6) is -0.00809. The van der Waals surface area contributed by atoms with E-state index < -0.39 is 0 Å². The van der Waals surface area contributed by atoms with Gasteiger partial charge in [0, 0.05) is 18.9 Å². The molecule has 0 aliphatic rings. The van der Waals surface area contributed by atoms with Crippen LogP contribution < -0.4 is 11.1 Å². The summed E-state index contributed by atoms with van der Waals surface area (Å²) in [5.41, 5.74) is 7.87. The molecule has 0 unspecified atom stereocenters. The van der Waals surface area contributed by atoms with E-state index in [1.807, 2.05) is 13.0 Å². The quantitative estimate of drug-likeness (QED) is 0.342. The molecule has 22 heavy (non-hydrogen) atoms. The van der Waals surface area contributed by atoms with Crippen molar-refractivity contribution < 1.29 is 4.39 Å². The van der Waals surface area contributed by atoms with Crippen LogP contribution in [-0.4, -0.2) is 22.1 Å². The van der Waals surface area contributed by atoms with Crippen LogP contribution >= 0.6 is 24.0 Å². The molecule has 2 aromatic rings. The predicted molar refractivity (Wildman–Crippen MR) is 97.1 cm³/mol. The molecule has 7 heteroatoms. The number of benzene rings is 1. The number of rotatable bonds is 5. The van der Waals surface area contributed by atoms with Crippen LogP contribution in [0.5, 0.6) is 0 Å². The van der Waals surface area contributed by atoms with Crippen LogP contribution in [0.2, 0.25) is 0 Å². The monoisotopic (exact) mass is 415 g/mol. The van der Waals surface area contributed by atoms with Crippen molar-refractivity contribution in [2.75, 3.05) is 6.54 Å². The zero-order valence-corrected chi connectivity index (χ0v) is 14.6. The average molecular weight is 415 g/mol. The zero-order chi connectivity index (χ0) is 15.2. The summed E-state index contributed by atoms with van der Waals surface area (Å²) in [7, 11) is 0. The fourth-order valence-corrected chi connectivity index (χ4v) is 1.73. The average Bonchev–Trinajstić information content (AvgIpc) is 2.97. The molecule has 0 fully saturated rings. The van der Waals surface area contributed by atoms with Crippen molar-refractivity contribution in [2.24, 2.45) is 10.7 Å². The Morgan fingerprint density at radius 3 is 2.86 bits per heavy atom. The molecule has 0 saturated heterocycles. The van der Waals surface area contributed by atoms with Crippen molar-refractivity contribution in [1.82, 2.24) is 14.9 Å². The first-order valence-electron chi connectivity index (χ1n) is 6.51. The first-order valence-corrected chi connectivity index (χ1v) is 6.51. The zero-order valence-electron chi connectivity index (χ0n) is 12.3. The van der Waals surface area contributed by atoms with Gasteiger partial charge in [0.2, 0.25) is 0 Å². The van der Waals surface area contributed by atoms with Gasteiger partial charge in [-0.1, -0.05) is 18.2 Å². The van der Waals surface area contributed by atoms with Gasteiger partial charge in [0.1, 0.15) is 5.82 Å². The molecule has 0 bridgehead atoms. The van der Waals surface area contributed by atoms with Gasteiger partial charge in [0.15, 0.2) is 5.96 Å². The Bertz CT molecular complexity index is 652. The number of hydrogen-bond acceptors (Lipinski definition) is 2. The second-order valence-corrected chi connectivity index (χ2v) is 4.77. The molecule has 0 aliphatic heterocycles. The van der Waals surface area contributed by atoms with E-state index in [1.165, 1.54) is 6.07 Å². The van der Waals surface area contributed by atoms with Crippen LogP contribution in [0.3, 0.4) is 0 Å². The molecule has 0 amide bonds. The van der Waals surface area contributed by atoms with Gasteiger partial charge in [-0.15, -0.1) is 24.0 Å². The summed E-state index contributed by atoms with van der Waals surface area (Å²) in [6.45, 7) is 6.54. The number of nitrogens with zero attached hydrogens (tertiary/aromatic N) is 3. The topological polar surface area (TPSA) is 68.2 Å². The maximum atomic E-state index is 14.0. The van der Waals surface area contributed by atoms with Crippen LogP contribution in [0.15, 0.2) is 54.1 Å². The molecule has 2 rings (SSSR count). The highest BCUT2D eigenvalue weighted by molar-refractivity contribution is 14.0. The Kier molecular flexibility index (Phi) is 7.03. The van der Waals surface area contributed by atoms with Crippen LogP contribution in [0.1, 0.15) is 12.5 Å². The lowest BCUT2D eigenvalue weighted by Gasteiger charge is -2.07. The third-order valence-corrected chi connectivity index (χ3v) is 2.80. The summed E-state index contributed by atoms with van der Waals surface area (Å²) in [4.78, 5) is 8.06. The number of nitrogens with two attached hydrogens (primary N) is 1. The van der Waals surface area contributed by atoms with E-state index in [2.05, 4.69) is 21.9 Å². The largest absolute Gasteiger partial charge is 0.370 e. The Hall–Kier alpha value is -1.90. The lowest BCUT2D eigenvalue weighted by molar-refractivity contribution is 0.615. The molecule has 0 atom stereocenters. The van der Waals surface area contributed by atoms with Gasteiger partial charge in [-0.05, 0) is 24.6 Å². The highest BCUT2D eigenvalue weighted by Gasteiger charge is 2.05. The molecule has 0 spiro atoms. The SMILES string of the molecule is C=C(C)CNC(N)=NCc1ccc(-n2ccnc2)c(F)c1.I. The van der Waals surface area contributed by atoms with Gasteiger partial charge in [0.25, 0.3) is 0 Å². The van der Waals surface area contributed by atoms with Crippen LogP contribution in [-0.2, 0) is 6.54 Å². The number of imidazole rings is 1. The number of hydrogen-bond donors (Lipinski definition) is 2. The maximum Gasteiger partial charge on any atom is 0.189 e. The normalized spacial score (nSPS) is 10.9. The summed E-state index contributed by atoms with van der Waals surface area (Å²) < 4.78 is 15.7. The molecule has 0 radical (unpaired) electrons. The van der Waals surface area contributed by atoms with Gasteiger partial charge >= 0.3 is 0 Å². The molecule has 1 aromatic carbocycles. The number of guanidine groups is 1. The van der Waals surface area contributed by atoms with Crippen molar-refractivity contribution in [3.05, 3.63) is 60.5 Å². The highest BCUT2D eigenvalue weighted by atomic mass is 127. The van der Waals surface area contributed by atoms with Gasteiger partial charge in [-0.3, -0.25) is 0 Å². The van der Waals surface area contributed by atoms with E-state index in [4.69, 9.17) is 5.73 Å². The first kappa shape index (κ1) is 18.1. The predicted octanol–water partition coefficient (Wildman–Crippen LogP) is 2.61. The molecule has 1 heterocycles. The minimum atomic E-state index is -0.325. The van der Waals surface area contributed by atoms with E-state index in [9.17, 15) is 4.39 Å². The van der Waals surface area contributed by atoms with E-state index in [0.29, 0.717) is 24.7 Å². The van der Waals surface area contributed by atoms with Gasteiger partial charge in [-0.2, -0.15) is 0 Å². The Morgan fingerprint density at radius 2 is 2.27 bits per heavy atom. The third-order valence-electron chi connectivity index (χ3n) is 2.80. The second kappa shape index (κ2) is 8.52. The summed E-state index contributed by atoms with van der Waals surface area (Å²) >= 11 is 0. The smallest absolute Gasteiger partial charge is 0.189 e. The molecule has 5 nitrogen and oxygen atoms in total. The van der Waals surface area contributed by atoms with Gasteiger partial charge in [0.05, 0.1) is 18.6 Å². The highest BCUT2D eigenvalue weighted by Crippen LogP contribution is 2.15. The number of aliphatic imine (C=N–C) groups is 1. The number of aromatic nitrogens is 2. The third kappa shape index (κ3) is 5.14. The Labute approximate surface area is 146 Å². The Balaban J connectivity index is 0.00000242. The lowest BCUT2D eigenvalue weighted by Crippen LogP contribution is -2.32. The minimum absolute atomic E-state index is 0. The van der Waals surface area contributed by atoms with E-state index in [-0.39, 0.29) is 29.8 Å². The minimum Gasteiger partial charge on any atom is -0.370 e. The van der Waals surface area contributed by atoms with Crippen molar-refractivity contribution in [1.29, 1.82) is 0 Å². The van der Waals surface area contributed by atoms with E-state index in [1.54, 1.807) is 29.4 Å².